The number of likely N-dealkylation sites (tertiary alicyclic amines) is 2. The molecule has 2 saturated heterocycles. The SMILES string of the molecule is CCOC(=O)N1CCC(NC(=O)CN(CC(=O)NCCc2ccc(F)cc2)C(=O)c2cccc(C(=O)N(CC(=O)NCCc3ccc(F)cc3)CC(=O)NC3CCN(C(=O)OCC)CC3)c2)CC1. The smallest absolute Gasteiger partial charge is 0.409 e. The lowest BCUT2D eigenvalue weighted by Gasteiger charge is -2.32. The van der Waals surface area contributed by atoms with Crippen molar-refractivity contribution in [2.45, 2.75) is 64.5 Å². The van der Waals surface area contributed by atoms with Crippen molar-refractivity contribution in [3.63, 3.8) is 0 Å². The van der Waals surface area contributed by atoms with Crippen LogP contribution in [0.4, 0.5) is 18.4 Å². The molecule has 0 radical (unpaired) electrons. The van der Waals surface area contributed by atoms with E-state index in [1.54, 1.807) is 47.9 Å². The summed E-state index contributed by atoms with van der Waals surface area (Å²) in [4.78, 5) is 112. The first kappa shape index (κ1) is 51.9. The van der Waals surface area contributed by atoms with Crippen LogP contribution in [0.25, 0.3) is 0 Å². The molecule has 20 heteroatoms. The molecule has 8 amide bonds. The predicted octanol–water partition coefficient (Wildman–Crippen LogP) is 3.04. The Kier molecular flexibility index (Phi) is 20.0. The highest BCUT2D eigenvalue weighted by atomic mass is 19.1. The standard InChI is InChI=1S/C48H60F2N8O10/c1-3-67-47(65)55-24-18-39(19-25-55)53-43(61)31-57(29-41(59)51-22-16-33-8-12-37(49)13-9-33)45(63)35-6-5-7-36(28-35)46(64)58(30-42(60)52-23-17-34-10-14-38(50)15-11-34)32-44(62)54-40-20-26-56(27-21-40)48(66)68-4-2/h5-15,28,39-40H,3-4,16-27,29-32H2,1-2H3,(H,51,59)(H,52,60)(H,53,61)(H,54,62). The second-order valence-corrected chi connectivity index (χ2v) is 16.4. The number of halogens is 2. The Hall–Kier alpha value is -7.12. The highest BCUT2D eigenvalue weighted by Gasteiger charge is 2.30. The second-order valence-electron chi connectivity index (χ2n) is 16.4. The normalized spacial score (nSPS) is 14.0. The largest absolute Gasteiger partial charge is 0.450 e. The van der Waals surface area contributed by atoms with Crippen LogP contribution in [0.15, 0.2) is 72.8 Å². The molecule has 2 aliphatic rings. The van der Waals surface area contributed by atoms with Gasteiger partial charge in [0.05, 0.1) is 13.2 Å². The van der Waals surface area contributed by atoms with Crippen LogP contribution in [0.3, 0.4) is 0 Å². The molecule has 2 fully saturated rings. The van der Waals surface area contributed by atoms with Crippen molar-refractivity contribution in [2.24, 2.45) is 0 Å². The molecule has 0 bridgehead atoms. The first-order chi connectivity index (χ1) is 32.7. The summed E-state index contributed by atoms with van der Waals surface area (Å²) in [6, 6.07) is 16.4. The fourth-order valence-electron chi connectivity index (χ4n) is 7.74. The first-order valence-corrected chi connectivity index (χ1v) is 22.8. The maximum absolute atomic E-state index is 14.3. The Morgan fingerprint density at radius 1 is 0.544 bits per heavy atom. The van der Waals surface area contributed by atoms with E-state index in [9.17, 15) is 47.1 Å². The highest BCUT2D eigenvalue weighted by molar-refractivity contribution is 6.03. The Bertz CT molecular complexity index is 2060. The van der Waals surface area contributed by atoms with Gasteiger partial charge in [0.1, 0.15) is 37.8 Å². The zero-order valence-corrected chi connectivity index (χ0v) is 38.4. The summed E-state index contributed by atoms with van der Waals surface area (Å²) in [7, 11) is 0. The van der Waals surface area contributed by atoms with Crippen LogP contribution in [0, 0.1) is 11.6 Å². The highest BCUT2D eigenvalue weighted by Crippen LogP contribution is 2.16. The lowest BCUT2D eigenvalue weighted by molar-refractivity contribution is -0.126. The van der Waals surface area contributed by atoms with Crippen LogP contribution < -0.4 is 21.3 Å². The minimum atomic E-state index is -0.766. The molecule has 2 heterocycles. The molecule has 0 unspecified atom stereocenters. The number of amides is 8. The summed E-state index contributed by atoms with van der Waals surface area (Å²) in [5.74, 6) is -4.63. The molecule has 3 aromatic rings. The summed E-state index contributed by atoms with van der Waals surface area (Å²) in [6.45, 7) is 3.38. The van der Waals surface area contributed by atoms with E-state index >= 15 is 0 Å². The average Bonchev–Trinajstić information content (AvgIpc) is 3.32. The van der Waals surface area contributed by atoms with Crippen molar-refractivity contribution in [1.29, 1.82) is 0 Å². The van der Waals surface area contributed by atoms with Crippen molar-refractivity contribution in [3.8, 4) is 0 Å². The number of rotatable bonds is 20. The van der Waals surface area contributed by atoms with Gasteiger partial charge in [-0.1, -0.05) is 30.3 Å². The number of hydrogen-bond acceptors (Lipinski definition) is 10. The number of benzene rings is 3. The molecular formula is C48H60F2N8O10. The van der Waals surface area contributed by atoms with Gasteiger partial charge in [0.15, 0.2) is 0 Å². The van der Waals surface area contributed by atoms with Gasteiger partial charge in [-0.2, -0.15) is 0 Å². The van der Waals surface area contributed by atoms with Gasteiger partial charge in [-0.3, -0.25) is 28.8 Å². The molecule has 5 rings (SSSR count). The zero-order chi connectivity index (χ0) is 49.0. The van der Waals surface area contributed by atoms with E-state index < -0.39 is 85.4 Å². The van der Waals surface area contributed by atoms with E-state index in [4.69, 9.17) is 9.47 Å². The Morgan fingerprint density at radius 2 is 0.897 bits per heavy atom. The molecule has 2 aliphatic heterocycles. The average molecular weight is 947 g/mol. The van der Waals surface area contributed by atoms with E-state index in [0.29, 0.717) is 64.7 Å². The van der Waals surface area contributed by atoms with Gasteiger partial charge in [0, 0.05) is 62.5 Å². The number of nitrogens with zero attached hydrogens (tertiary/aromatic N) is 4. The van der Waals surface area contributed by atoms with E-state index in [1.807, 2.05) is 0 Å². The molecule has 366 valence electrons. The third-order valence-corrected chi connectivity index (χ3v) is 11.3. The second kappa shape index (κ2) is 26.3. The molecule has 18 nitrogen and oxygen atoms in total. The van der Waals surface area contributed by atoms with Gasteiger partial charge >= 0.3 is 12.2 Å². The van der Waals surface area contributed by atoms with Gasteiger partial charge in [0.25, 0.3) is 11.8 Å². The molecule has 3 aromatic carbocycles. The van der Waals surface area contributed by atoms with E-state index in [2.05, 4.69) is 21.3 Å². The molecule has 0 saturated carbocycles. The fraction of sp³-hybridized carbons (Fsp3) is 0.458. The third kappa shape index (κ3) is 16.6. The van der Waals surface area contributed by atoms with Crippen LogP contribution in [0.1, 0.15) is 71.4 Å². The molecule has 68 heavy (non-hydrogen) atoms. The lowest BCUT2D eigenvalue weighted by atomic mass is 10.1. The minimum absolute atomic E-state index is 0.0629. The van der Waals surface area contributed by atoms with Gasteiger partial charge in [-0.05, 0) is 106 Å². The molecule has 0 aromatic heterocycles. The lowest BCUT2D eigenvalue weighted by Crippen LogP contribution is -2.51. The van der Waals surface area contributed by atoms with Crippen LogP contribution >= 0.6 is 0 Å². The number of carbonyl (C=O) groups excluding carboxylic acids is 8. The summed E-state index contributed by atoms with van der Waals surface area (Å²) >= 11 is 0. The molecule has 0 spiro atoms. The summed E-state index contributed by atoms with van der Waals surface area (Å²) in [5.41, 5.74) is 1.40. The summed E-state index contributed by atoms with van der Waals surface area (Å²) < 4.78 is 37.0. The van der Waals surface area contributed by atoms with E-state index in [0.717, 1.165) is 20.9 Å². The van der Waals surface area contributed by atoms with Crippen molar-refractivity contribution in [2.75, 3.05) is 78.7 Å². The minimum Gasteiger partial charge on any atom is -0.450 e. The van der Waals surface area contributed by atoms with Crippen LogP contribution in [-0.2, 0) is 41.5 Å². The van der Waals surface area contributed by atoms with Crippen molar-refractivity contribution in [3.05, 3.63) is 107 Å². The third-order valence-electron chi connectivity index (χ3n) is 11.3. The van der Waals surface area contributed by atoms with Crippen molar-refractivity contribution < 1.29 is 56.6 Å². The van der Waals surface area contributed by atoms with Gasteiger partial charge in [0.2, 0.25) is 23.6 Å². The molecular weight excluding hydrogens is 887 g/mol. The molecule has 0 aliphatic carbocycles. The quantitative estimate of drug-likeness (QED) is 0.130. The Labute approximate surface area is 394 Å². The summed E-state index contributed by atoms with van der Waals surface area (Å²) in [6.07, 6.45) is 1.57. The maximum Gasteiger partial charge on any atom is 0.409 e. The first-order valence-electron chi connectivity index (χ1n) is 22.8. The monoisotopic (exact) mass is 946 g/mol. The number of nitrogens with one attached hydrogen (secondary N) is 4. The van der Waals surface area contributed by atoms with E-state index in [-0.39, 0.29) is 49.5 Å². The topological polar surface area (TPSA) is 216 Å². The Morgan fingerprint density at radius 3 is 1.25 bits per heavy atom. The van der Waals surface area contributed by atoms with Gasteiger partial charge in [-0.25, -0.2) is 18.4 Å². The summed E-state index contributed by atoms with van der Waals surface area (Å²) in [5, 5.41) is 11.2. The van der Waals surface area contributed by atoms with E-state index in [1.165, 1.54) is 48.5 Å². The number of hydrogen-bond donors (Lipinski definition) is 4. The van der Waals surface area contributed by atoms with Crippen LogP contribution in [-0.4, -0.2) is 158 Å². The fourth-order valence-corrected chi connectivity index (χ4v) is 7.74. The predicted molar refractivity (Wildman–Crippen MR) is 244 cm³/mol. The van der Waals surface area contributed by atoms with Gasteiger partial charge < -0.3 is 50.3 Å². The van der Waals surface area contributed by atoms with Crippen LogP contribution in [0.2, 0.25) is 0 Å². The zero-order valence-electron chi connectivity index (χ0n) is 38.4. The van der Waals surface area contributed by atoms with Gasteiger partial charge in [-0.15, -0.1) is 0 Å². The van der Waals surface area contributed by atoms with Crippen molar-refractivity contribution >= 4 is 47.6 Å². The van der Waals surface area contributed by atoms with Crippen molar-refractivity contribution in [1.82, 2.24) is 40.9 Å². The molecule has 4 N–H and O–H groups in total. The number of ether oxygens (including phenoxy) is 2. The maximum atomic E-state index is 14.3. The number of carbonyl (C=O) groups is 8. The Balaban J connectivity index is 1.29. The molecule has 0 atom stereocenters. The number of piperidine rings is 2. The van der Waals surface area contributed by atoms with Crippen LogP contribution in [0.5, 0.6) is 0 Å².